The van der Waals surface area contributed by atoms with Gasteiger partial charge in [0.2, 0.25) is 5.91 Å². The van der Waals surface area contributed by atoms with Crippen LogP contribution in [0, 0.1) is 25.2 Å². The van der Waals surface area contributed by atoms with Crippen LogP contribution in [0.3, 0.4) is 0 Å². The summed E-state index contributed by atoms with van der Waals surface area (Å²) in [5.74, 6) is 2.28. The van der Waals surface area contributed by atoms with E-state index in [2.05, 4.69) is 15.0 Å². The largest absolute Gasteiger partial charge is 0.396 e. The molecule has 0 aromatic carbocycles. The summed E-state index contributed by atoms with van der Waals surface area (Å²) < 4.78 is 7.22. The minimum Gasteiger partial charge on any atom is -0.396 e. The van der Waals surface area contributed by atoms with Crippen LogP contribution < -0.4 is 0 Å². The summed E-state index contributed by atoms with van der Waals surface area (Å²) in [7, 11) is 2.00. The molecule has 2 saturated heterocycles. The molecule has 0 spiro atoms. The van der Waals surface area contributed by atoms with Gasteiger partial charge in [0.15, 0.2) is 0 Å². The Hall–Kier alpha value is -2.19. The Morgan fingerprint density at radius 2 is 2.18 bits per heavy atom. The number of hydrogen-bond donors (Lipinski definition) is 1. The summed E-state index contributed by atoms with van der Waals surface area (Å²) in [5.41, 5.74) is 1.68. The van der Waals surface area contributed by atoms with Gasteiger partial charge in [-0.1, -0.05) is 5.16 Å². The first-order chi connectivity index (χ1) is 13.4. The number of aromatic nitrogens is 3. The first-order valence-corrected chi connectivity index (χ1v) is 9.91. The fraction of sp³-hybridized carbons (Fsp3) is 0.650. The topological polar surface area (TPSA) is 87.6 Å². The summed E-state index contributed by atoms with van der Waals surface area (Å²) in [6.45, 7) is 7.73. The predicted molar refractivity (Wildman–Crippen MR) is 102 cm³/mol. The Morgan fingerprint density at radius 3 is 2.79 bits per heavy atom. The van der Waals surface area contributed by atoms with Crippen LogP contribution in [-0.4, -0.2) is 68.3 Å². The first kappa shape index (κ1) is 19.1. The molecule has 0 bridgehead atoms. The van der Waals surface area contributed by atoms with Gasteiger partial charge in [-0.15, -0.1) is 0 Å². The lowest BCUT2D eigenvalue weighted by molar-refractivity contribution is -0.130. The lowest BCUT2D eigenvalue weighted by atomic mass is 9.82. The smallest absolute Gasteiger partial charge is 0.222 e. The van der Waals surface area contributed by atoms with Crippen molar-refractivity contribution in [3.05, 3.63) is 35.2 Å². The fourth-order valence-corrected chi connectivity index (χ4v) is 4.82. The van der Waals surface area contributed by atoms with E-state index in [0.29, 0.717) is 25.3 Å². The second-order valence-corrected chi connectivity index (χ2v) is 8.42. The molecule has 152 valence electrons. The van der Waals surface area contributed by atoms with Gasteiger partial charge >= 0.3 is 0 Å². The molecule has 1 N–H and O–H groups in total. The lowest BCUT2D eigenvalue weighted by Crippen LogP contribution is -2.39. The Kier molecular flexibility index (Phi) is 5.01. The van der Waals surface area contributed by atoms with E-state index in [0.717, 1.165) is 49.0 Å². The van der Waals surface area contributed by atoms with E-state index in [4.69, 9.17) is 4.52 Å². The fourth-order valence-electron chi connectivity index (χ4n) is 4.82. The number of imidazole rings is 1. The number of aryl methyl sites for hydroxylation is 3. The Labute approximate surface area is 165 Å². The molecule has 8 nitrogen and oxygen atoms in total. The molecule has 2 atom stereocenters. The molecule has 2 aliphatic heterocycles. The van der Waals surface area contributed by atoms with Gasteiger partial charge in [-0.05, 0) is 26.2 Å². The Balaban J connectivity index is 1.36. The van der Waals surface area contributed by atoms with E-state index in [-0.39, 0.29) is 17.9 Å². The SMILES string of the molecule is Cc1noc(C)c1CCC(=O)N1CC2CN(Cc3nccn3C)CC2(CO)C1. The highest BCUT2D eigenvalue weighted by molar-refractivity contribution is 5.77. The van der Waals surface area contributed by atoms with Gasteiger partial charge in [-0.3, -0.25) is 9.69 Å². The van der Waals surface area contributed by atoms with Crippen LogP contribution in [0.5, 0.6) is 0 Å². The Morgan fingerprint density at radius 1 is 1.36 bits per heavy atom. The Bertz CT molecular complexity index is 840. The molecule has 2 unspecified atom stereocenters. The average Bonchev–Trinajstić information content (AvgIpc) is 3.39. The molecule has 4 rings (SSSR count). The third-order valence-corrected chi connectivity index (χ3v) is 6.55. The number of rotatable bonds is 6. The van der Waals surface area contributed by atoms with Gasteiger partial charge in [0, 0.05) is 63.0 Å². The lowest BCUT2D eigenvalue weighted by Gasteiger charge is -2.27. The summed E-state index contributed by atoms with van der Waals surface area (Å²) >= 11 is 0. The van der Waals surface area contributed by atoms with E-state index in [1.165, 1.54) is 0 Å². The predicted octanol–water partition coefficient (Wildman–Crippen LogP) is 0.910. The van der Waals surface area contributed by atoms with Crippen molar-refractivity contribution in [3.8, 4) is 0 Å². The molecule has 0 saturated carbocycles. The van der Waals surface area contributed by atoms with Crippen molar-refractivity contribution in [2.24, 2.45) is 18.4 Å². The van der Waals surface area contributed by atoms with Crippen molar-refractivity contribution in [1.82, 2.24) is 24.5 Å². The molecule has 2 aliphatic rings. The van der Waals surface area contributed by atoms with Gasteiger partial charge in [0.1, 0.15) is 11.6 Å². The van der Waals surface area contributed by atoms with Crippen molar-refractivity contribution in [2.75, 3.05) is 32.8 Å². The van der Waals surface area contributed by atoms with Crippen LogP contribution in [0.15, 0.2) is 16.9 Å². The second-order valence-electron chi connectivity index (χ2n) is 8.42. The van der Waals surface area contributed by atoms with Crippen LogP contribution >= 0.6 is 0 Å². The molecule has 2 fully saturated rings. The number of carbonyl (C=O) groups excluding carboxylic acids is 1. The van der Waals surface area contributed by atoms with Gasteiger partial charge in [0.05, 0.1) is 18.8 Å². The highest BCUT2D eigenvalue weighted by atomic mass is 16.5. The third-order valence-electron chi connectivity index (χ3n) is 6.55. The van der Waals surface area contributed by atoms with Crippen molar-refractivity contribution in [2.45, 2.75) is 33.2 Å². The van der Waals surface area contributed by atoms with Gasteiger partial charge in [0.25, 0.3) is 0 Å². The molecule has 8 heteroatoms. The standard InChI is InChI=1S/C20H29N5O3/c1-14-17(15(2)28-22-14)4-5-19(27)25-9-16-8-24(11-20(16,12-25)13-26)10-18-21-6-7-23(18)3/h6-7,16,26H,4-5,8-13H2,1-3H3. The molecule has 1 amide bonds. The number of nitrogens with zero attached hydrogens (tertiary/aromatic N) is 5. The molecule has 28 heavy (non-hydrogen) atoms. The molecule has 0 aliphatic carbocycles. The van der Waals surface area contributed by atoms with Gasteiger partial charge < -0.3 is 19.1 Å². The van der Waals surface area contributed by atoms with E-state index >= 15 is 0 Å². The van der Waals surface area contributed by atoms with Crippen LogP contribution in [0.4, 0.5) is 0 Å². The van der Waals surface area contributed by atoms with Gasteiger partial charge in [-0.2, -0.15) is 0 Å². The molecular formula is C20H29N5O3. The van der Waals surface area contributed by atoms with Crippen molar-refractivity contribution in [3.63, 3.8) is 0 Å². The van der Waals surface area contributed by atoms with Crippen molar-refractivity contribution >= 4 is 5.91 Å². The van der Waals surface area contributed by atoms with E-state index in [9.17, 15) is 9.90 Å². The normalized spacial score (nSPS) is 24.9. The average molecular weight is 387 g/mol. The quantitative estimate of drug-likeness (QED) is 0.793. The number of aliphatic hydroxyl groups excluding tert-OH is 1. The highest BCUT2D eigenvalue weighted by Crippen LogP contribution is 2.42. The highest BCUT2D eigenvalue weighted by Gasteiger charge is 2.53. The number of aliphatic hydroxyl groups is 1. The number of amides is 1. The van der Waals surface area contributed by atoms with Crippen LogP contribution in [0.25, 0.3) is 0 Å². The van der Waals surface area contributed by atoms with Crippen LogP contribution in [0.1, 0.15) is 29.3 Å². The maximum Gasteiger partial charge on any atom is 0.222 e. The van der Waals surface area contributed by atoms with E-state index in [1.807, 2.05) is 42.8 Å². The minimum absolute atomic E-state index is 0.113. The number of likely N-dealkylation sites (tertiary alicyclic amines) is 2. The zero-order valence-electron chi connectivity index (χ0n) is 16.9. The molecule has 0 radical (unpaired) electrons. The first-order valence-electron chi connectivity index (χ1n) is 9.91. The number of fused-ring (bicyclic) bond motifs is 1. The monoisotopic (exact) mass is 387 g/mol. The number of hydrogen-bond acceptors (Lipinski definition) is 6. The molecule has 2 aromatic rings. The zero-order valence-corrected chi connectivity index (χ0v) is 16.9. The summed E-state index contributed by atoms with van der Waals surface area (Å²) in [4.78, 5) is 21.5. The minimum atomic E-state index is -0.218. The van der Waals surface area contributed by atoms with Crippen molar-refractivity contribution in [1.29, 1.82) is 0 Å². The maximum absolute atomic E-state index is 12.8. The number of carbonyl (C=O) groups is 1. The van der Waals surface area contributed by atoms with Gasteiger partial charge in [-0.25, -0.2) is 4.98 Å². The van der Waals surface area contributed by atoms with E-state index in [1.54, 1.807) is 0 Å². The van der Waals surface area contributed by atoms with Crippen LogP contribution in [0.2, 0.25) is 0 Å². The van der Waals surface area contributed by atoms with E-state index < -0.39 is 0 Å². The molecule has 4 heterocycles. The van der Waals surface area contributed by atoms with Crippen molar-refractivity contribution < 1.29 is 14.4 Å². The summed E-state index contributed by atoms with van der Waals surface area (Å²) in [6, 6.07) is 0. The van der Waals surface area contributed by atoms with Crippen LogP contribution in [-0.2, 0) is 24.8 Å². The maximum atomic E-state index is 12.8. The molecule has 2 aromatic heterocycles. The second kappa shape index (κ2) is 7.33. The summed E-state index contributed by atoms with van der Waals surface area (Å²) in [5, 5.41) is 14.1. The zero-order chi connectivity index (χ0) is 19.9. The third kappa shape index (κ3) is 3.35. The molecular weight excluding hydrogens is 358 g/mol. The summed E-state index contributed by atoms with van der Waals surface area (Å²) in [6.07, 6.45) is 4.87.